The molecule has 136 valence electrons. The van der Waals surface area contributed by atoms with Gasteiger partial charge in [0.1, 0.15) is 5.60 Å². The van der Waals surface area contributed by atoms with Crippen molar-refractivity contribution in [2.75, 3.05) is 0 Å². The quantitative estimate of drug-likeness (QED) is 0.619. The first-order valence-corrected chi connectivity index (χ1v) is 10.1. The number of aliphatic hydroxyl groups is 1. The van der Waals surface area contributed by atoms with Gasteiger partial charge in [0.05, 0.1) is 0 Å². The summed E-state index contributed by atoms with van der Waals surface area (Å²) in [6, 6.07) is 0. The second-order valence-electron chi connectivity index (χ2n) is 9.39. The van der Waals surface area contributed by atoms with Crippen molar-refractivity contribution in [3.8, 4) is 0 Å². The second kappa shape index (κ2) is 5.79. The smallest absolute Gasteiger partial charge is 0.266 e. The summed E-state index contributed by atoms with van der Waals surface area (Å²) in [5.74, 6) is 3.23. The van der Waals surface area contributed by atoms with E-state index in [1.54, 1.807) is 5.57 Å². The van der Waals surface area contributed by atoms with Crippen LogP contribution in [0.2, 0.25) is 0 Å². The number of allylic oxidation sites excluding steroid dienone is 2. The van der Waals surface area contributed by atoms with E-state index in [-0.39, 0.29) is 0 Å². The van der Waals surface area contributed by atoms with E-state index in [4.69, 9.17) is 0 Å². The van der Waals surface area contributed by atoms with Gasteiger partial charge in [0.15, 0.2) is 0 Å². The van der Waals surface area contributed by atoms with E-state index >= 15 is 0 Å². The maximum Gasteiger partial charge on any atom is 0.266 e. The van der Waals surface area contributed by atoms with E-state index in [0.29, 0.717) is 30.1 Å². The molecule has 4 rings (SSSR count). The minimum Gasteiger partial charge on any atom is -0.384 e. The Morgan fingerprint density at radius 3 is 2.50 bits per heavy atom. The van der Waals surface area contributed by atoms with Crippen LogP contribution in [0.3, 0.4) is 0 Å². The van der Waals surface area contributed by atoms with Crippen LogP contribution in [-0.4, -0.2) is 17.1 Å². The van der Waals surface area contributed by atoms with E-state index in [1.807, 2.05) is 0 Å². The highest BCUT2D eigenvalue weighted by atomic mass is 19.3. The van der Waals surface area contributed by atoms with Crippen LogP contribution >= 0.6 is 0 Å². The third kappa shape index (κ3) is 2.33. The Kier molecular flexibility index (Phi) is 4.10. The molecular weight excluding hydrogens is 306 g/mol. The average Bonchev–Trinajstić information content (AvgIpc) is 2.90. The van der Waals surface area contributed by atoms with Crippen LogP contribution in [0.5, 0.6) is 0 Å². The molecule has 7 atom stereocenters. The van der Waals surface area contributed by atoms with Gasteiger partial charge in [0.2, 0.25) is 0 Å². The van der Waals surface area contributed by atoms with Gasteiger partial charge in [-0.2, -0.15) is 0 Å². The lowest BCUT2D eigenvalue weighted by atomic mass is 9.49. The normalized spacial score (nSPS) is 52.9. The van der Waals surface area contributed by atoms with Gasteiger partial charge in [-0.25, -0.2) is 8.78 Å². The highest BCUT2D eigenvalue weighted by Gasteiger charge is 2.57. The number of alkyl halides is 2. The average molecular weight is 338 g/mol. The van der Waals surface area contributed by atoms with E-state index in [9.17, 15) is 13.9 Å². The molecule has 0 saturated heterocycles. The zero-order chi connectivity index (χ0) is 17.1. The van der Waals surface area contributed by atoms with Gasteiger partial charge >= 0.3 is 0 Å². The van der Waals surface area contributed by atoms with Crippen molar-refractivity contribution in [2.24, 2.45) is 35.0 Å². The molecule has 4 aliphatic carbocycles. The third-order valence-electron chi connectivity index (χ3n) is 8.65. The fraction of sp³-hybridized carbons (Fsp3) is 0.905. The van der Waals surface area contributed by atoms with Gasteiger partial charge in [-0.1, -0.05) is 18.6 Å². The van der Waals surface area contributed by atoms with Crippen LogP contribution in [0.15, 0.2) is 11.6 Å². The Balaban J connectivity index is 1.54. The Morgan fingerprint density at radius 1 is 1.04 bits per heavy atom. The Labute approximate surface area is 144 Å². The van der Waals surface area contributed by atoms with Crippen molar-refractivity contribution < 1.29 is 13.9 Å². The van der Waals surface area contributed by atoms with E-state index in [1.165, 1.54) is 32.1 Å². The van der Waals surface area contributed by atoms with Crippen molar-refractivity contribution in [1.29, 1.82) is 0 Å². The van der Waals surface area contributed by atoms with Crippen molar-refractivity contribution in [3.63, 3.8) is 0 Å². The molecule has 3 heteroatoms. The van der Waals surface area contributed by atoms with Gasteiger partial charge in [-0.3, -0.25) is 0 Å². The first-order valence-electron chi connectivity index (χ1n) is 10.1. The van der Waals surface area contributed by atoms with Gasteiger partial charge in [-0.05, 0) is 99.7 Å². The summed E-state index contributed by atoms with van der Waals surface area (Å²) >= 11 is 0. The molecule has 24 heavy (non-hydrogen) atoms. The zero-order valence-electron chi connectivity index (χ0n) is 15.1. The van der Waals surface area contributed by atoms with Crippen molar-refractivity contribution in [3.05, 3.63) is 11.6 Å². The molecule has 0 spiro atoms. The lowest BCUT2D eigenvalue weighted by Crippen LogP contribution is -2.52. The number of rotatable bonds is 1. The molecule has 4 aliphatic rings. The Morgan fingerprint density at radius 2 is 1.79 bits per heavy atom. The van der Waals surface area contributed by atoms with E-state index < -0.39 is 12.0 Å². The van der Waals surface area contributed by atoms with Crippen LogP contribution in [0.4, 0.5) is 8.78 Å². The fourth-order valence-electron chi connectivity index (χ4n) is 7.43. The molecule has 0 bridgehead atoms. The zero-order valence-corrected chi connectivity index (χ0v) is 15.1. The minimum atomic E-state index is -2.59. The molecule has 0 aliphatic heterocycles. The summed E-state index contributed by atoms with van der Waals surface area (Å²) in [4.78, 5) is 0. The standard InChI is InChI=1S/C21H32F2O/c1-3-14-5-7-18-17-6-4-13-12-21(24,19(22)23)11-9-15(13)16(17)8-10-20(14,18)2/h3,13,15-19,24H,4-12H2,1-2H3/b14-3+/t13?,15-,16?,17?,18?,20+,21+/m0/s1. The predicted molar refractivity (Wildman–Crippen MR) is 91.8 cm³/mol. The summed E-state index contributed by atoms with van der Waals surface area (Å²) in [6.07, 6.45) is 8.61. The monoisotopic (exact) mass is 338 g/mol. The number of hydrogen-bond acceptors (Lipinski definition) is 1. The molecule has 1 nitrogen and oxygen atoms in total. The van der Waals surface area contributed by atoms with Crippen LogP contribution in [-0.2, 0) is 0 Å². The van der Waals surface area contributed by atoms with Gasteiger partial charge in [0.25, 0.3) is 6.43 Å². The maximum atomic E-state index is 13.2. The molecule has 0 heterocycles. The summed E-state index contributed by atoms with van der Waals surface area (Å²) in [5.41, 5.74) is 0.368. The molecule has 4 saturated carbocycles. The molecule has 0 aromatic rings. The highest BCUT2D eigenvalue weighted by molar-refractivity contribution is 5.23. The van der Waals surface area contributed by atoms with E-state index in [2.05, 4.69) is 19.9 Å². The number of halogens is 2. The Hall–Kier alpha value is -0.440. The van der Waals surface area contributed by atoms with Crippen LogP contribution in [0.25, 0.3) is 0 Å². The number of fused-ring (bicyclic) bond motifs is 5. The topological polar surface area (TPSA) is 20.2 Å². The molecule has 4 fully saturated rings. The molecule has 0 aromatic carbocycles. The maximum absolute atomic E-state index is 13.2. The molecule has 0 radical (unpaired) electrons. The van der Waals surface area contributed by atoms with Gasteiger partial charge in [-0.15, -0.1) is 0 Å². The summed E-state index contributed by atoms with van der Waals surface area (Å²) in [7, 11) is 0. The van der Waals surface area contributed by atoms with Crippen LogP contribution in [0, 0.1) is 35.0 Å². The summed E-state index contributed by atoms with van der Waals surface area (Å²) in [5, 5.41) is 10.3. The molecule has 0 amide bonds. The fourth-order valence-corrected chi connectivity index (χ4v) is 7.43. The first-order chi connectivity index (χ1) is 11.4. The molecule has 1 N–H and O–H groups in total. The van der Waals surface area contributed by atoms with Crippen molar-refractivity contribution >= 4 is 0 Å². The largest absolute Gasteiger partial charge is 0.384 e. The highest BCUT2D eigenvalue weighted by Crippen LogP contribution is 2.64. The lowest BCUT2D eigenvalue weighted by molar-refractivity contribution is -0.157. The van der Waals surface area contributed by atoms with Crippen molar-refractivity contribution in [1.82, 2.24) is 0 Å². The lowest BCUT2D eigenvalue weighted by Gasteiger charge is -2.56. The van der Waals surface area contributed by atoms with Crippen molar-refractivity contribution in [2.45, 2.75) is 83.7 Å². The predicted octanol–water partition coefficient (Wildman–Crippen LogP) is 5.58. The summed E-state index contributed by atoms with van der Waals surface area (Å²) < 4.78 is 26.5. The summed E-state index contributed by atoms with van der Waals surface area (Å²) in [6.45, 7) is 4.68. The van der Waals surface area contributed by atoms with Gasteiger partial charge in [0, 0.05) is 0 Å². The minimum absolute atomic E-state index is 0.303. The third-order valence-corrected chi connectivity index (χ3v) is 8.65. The SMILES string of the molecule is C/C=C1\CCC2C3CCC4C[C@@](O)(C(F)F)CC[C@@H]4C3CC[C@]12C. The molecule has 4 unspecified atom stereocenters. The molecular formula is C21H32F2O. The van der Waals surface area contributed by atoms with Crippen LogP contribution < -0.4 is 0 Å². The van der Waals surface area contributed by atoms with E-state index in [0.717, 1.165) is 30.6 Å². The van der Waals surface area contributed by atoms with Crippen LogP contribution in [0.1, 0.15) is 71.6 Å². The first kappa shape index (κ1) is 17.0. The number of hydrogen-bond donors (Lipinski definition) is 1. The Bertz CT molecular complexity index is 530. The van der Waals surface area contributed by atoms with Gasteiger partial charge < -0.3 is 5.11 Å². The second-order valence-corrected chi connectivity index (χ2v) is 9.39. The molecule has 0 aromatic heterocycles.